The molecule has 138 valence electrons. The Morgan fingerprint density at radius 3 is 2.69 bits per heavy atom. The first kappa shape index (κ1) is 18.4. The number of urea groups is 1. The maximum atomic E-state index is 13.7. The zero-order valence-electron chi connectivity index (χ0n) is 15.2. The van der Waals surface area contributed by atoms with Crippen LogP contribution < -0.4 is 5.32 Å². The van der Waals surface area contributed by atoms with Crippen molar-refractivity contribution in [1.82, 2.24) is 15.1 Å². The summed E-state index contributed by atoms with van der Waals surface area (Å²) in [5.41, 5.74) is -0.317. The lowest BCUT2D eigenvalue weighted by Gasteiger charge is -2.40. The van der Waals surface area contributed by atoms with Crippen LogP contribution in [0, 0.1) is 23.6 Å². The van der Waals surface area contributed by atoms with Gasteiger partial charge in [0.1, 0.15) is 11.4 Å². The number of piperidine rings is 1. The highest BCUT2D eigenvalue weighted by atomic mass is 19.1. The summed E-state index contributed by atoms with van der Waals surface area (Å²) in [5, 5.41) is 2.96. The molecule has 0 saturated carbocycles. The molecule has 5 nitrogen and oxygen atoms in total. The van der Waals surface area contributed by atoms with E-state index in [1.807, 2.05) is 7.05 Å². The summed E-state index contributed by atoms with van der Waals surface area (Å²) in [7, 11) is 2.05. The molecule has 1 atom stereocenters. The molecule has 6 heteroatoms. The van der Waals surface area contributed by atoms with Gasteiger partial charge < -0.3 is 10.2 Å². The molecule has 0 spiro atoms. The number of benzene rings is 1. The number of hydrogen-bond donors (Lipinski definition) is 1. The standard InChI is InChI=1S/C20H24FN3O2/c1-3-4-10-24-18(25)20(22-19(24)26,16-8-11-23(2)12-9-16)14-15-6-5-7-17(21)13-15/h5-7,13,16H,8-12,14H2,1-2H3,(H,22,26). The fraction of sp³-hybridized carbons (Fsp3) is 0.500. The van der Waals surface area contributed by atoms with Gasteiger partial charge >= 0.3 is 6.03 Å². The molecule has 3 rings (SSSR count). The molecular formula is C20H24FN3O2. The molecule has 2 fully saturated rings. The Morgan fingerprint density at radius 1 is 1.31 bits per heavy atom. The molecule has 2 saturated heterocycles. The topological polar surface area (TPSA) is 52.7 Å². The summed E-state index contributed by atoms with van der Waals surface area (Å²) < 4.78 is 13.7. The maximum Gasteiger partial charge on any atom is 0.325 e. The Morgan fingerprint density at radius 2 is 2.04 bits per heavy atom. The molecule has 2 heterocycles. The number of amides is 3. The van der Waals surface area contributed by atoms with Crippen LogP contribution in [0.15, 0.2) is 24.3 Å². The van der Waals surface area contributed by atoms with E-state index in [9.17, 15) is 14.0 Å². The number of hydrogen-bond acceptors (Lipinski definition) is 3. The molecule has 2 aliphatic heterocycles. The van der Waals surface area contributed by atoms with Crippen molar-refractivity contribution < 1.29 is 14.0 Å². The molecule has 2 aliphatic rings. The van der Waals surface area contributed by atoms with Crippen LogP contribution >= 0.6 is 0 Å². The van der Waals surface area contributed by atoms with Crippen LogP contribution in [0.1, 0.15) is 25.3 Å². The van der Waals surface area contributed by atoms with Crippen molar-refractivity contribution in [2.45, 2.75) is 31.7 Å². The molecule has 0 bridgehead atoms. The lowest BCUT2D eigenvalue weighted by molar-refractivity contribution is -0.133. The summed E-state index contributed by atoms with van der Waals surface area (Å²) in [6.45, 7) is 3.50. The molecule has 1 aromatic carbocycles. The lowest BCUT2D eigenvalue weighted by Crippen LogP contribution is -2.57. The molecule has 1 unspecified atom stereocenters. The maximum absolute atomic E-state index is 13.7. The molecular weight excluding hydrogens is 333 g/mol. The Balaban J connectivity index is 1.95. The highest BCUT2D eigenvalue weighted by molar-refractivity contribution is 6.07. The van der Waals surface area contributed by atoms with E-state index >= 15 is 0 Å². The van der Waals surface area contributed by atoms with Crippen molar-refractivity contribution in [1.29, 1.82) is 0 Å². The first-order chi connectivity index (χ1) is 12.5. The third kappa shape index (κ3) is 3.45. The van der Waals surface area contributed by atoms with E-state index in [1.54, 1.807) is 19.1 Å². The Bertz CT molecular complexity index is 762. The predicted octanol–water partition coefficient (Wildman–Crippen LogP) is 2.02. The Kier molecular flexibility index (Phi) is 5.28. The van der Waals surface area contributed by atoms with E-state index in [2.05, 4.69) is 22.1 Å². The minimum Gasteiger partial charge on any atom is -0.322 e. The van der Waals surface area contributed by atoms with Gasteiger partial charge in [0.15, 0.2) is 0 Å². The van der Waals surface area contributed by atoms with Gasteiger partial charge in [0.05, 0.1) is 6.54 Å². The fourth-order valence-electron chi connectivity index (χ4n) is 3.96. The van der Waals surface area contributed by atoms with Crippen LogP contribution in [0.5, 0.6) is 0 Å². The van der Waals surface area contributed by atoms with Crippen LogP contribution in [0.4, 0.5) is 9.18 Å². The highest BCUT2D eigenvalue weighted by Crippen LogP contribution is 2.36. The number of rotatable bonds is 4. The van der Waals surface area contributed by atoms with E-state index in [-0.39, 0.29) is 24.2 Å². The average molecular weight is 357 g/mol. The van der Waals surface area contributed by atoms with Crippen LogP contribution in [-0.2, 0) is 11.2 Å². The minimum absolute atomic E-state index is 0.0120. The number of likely N-dealkylation sites (tertiary alicyclic amines) is 1. The van der Waals surface area contributed by atoms with Gasteiger partial charge in [0.2, 0.25) is 0 Å². The molecule has 1 aromatic rings. The minimum atomic E-state index is -1.03. The van der Waals surface area contributed by atoms with Crippen molar-refractivity contribution in [3.63, 3.8) is 0 Å². The van der Waals surface area contributed by atoms with Crippen LogP contribution in [0.2, 0.25) is 0 Å². The van der Waals surface area contributed by atoms with Gasteiger partial charge in [-0.25, -0.2) is 9.18 Å². The summed E-state index contributed by atoms with van der Waals surface area (Å²) in [6.07, 6.45) is 1.91. The third-order valence-corrected chi connectivity index (χ3v) is 5.40. The molecule has 26 heavy (non-hydrogen) atoms. The van der Waals surface area contributed by atoms with Gasteiger partial charge in [0.25, 0.3) is 5.91 Å². The van der Waals surface area contributed by atoms with Gasteiger partial charge in [-0.3, -0.25) is 9.69 Å². The molecule has 0 aromatic heterocycles. The van der Waals surface area contributed by atoms with E-state index in [1.165, 1.54) is 17.0 Å². The zero-order chi connectivity index (χ0) is 18.7. The van der Waals surface area contributed by atoms with Crippen LogP contribution in [0.25, 0.3) is 0 Å². The van der Waals surface area contributed by atoms with Crippen molar-refractivity contribution >= 4 is 11.9 Å². The number of carbonyl (C=O) groups is 2. The van der Waals surface area contributed by atoms with Crippen LogP contribution in [0.3, 0.4) is 0 Å². The Hall–Kier alpha value is -2.39. The molecule has 3 amide bonds. The van der Waals surface area contributed by atoms with Crippen molar-refractivity contribution in [3.8, 4) is 11.8 Å². The van der Waals surface area contributed by atoms with Crippen molar-refractivity contribution in [2.75, 3.05) is 26.7 Å². The monoisotopic (exact) mass is 357 g/mol. The van der Waals surface area contributed by atoms with Gasteiger partial charge in [-0.2, -0.15) is 0 Å². The second kappa shape index (κ2) is 7.46. The summed E-state index contributed by atoms with van der Waals surface area (Å²) >= 11 is 0. The largest absolute Gasteiger partial charge is 0.325 e. The summed E-state index contributed by atoms with van der Waals surface area (Å²) in [4.78, 5) is 29.2. The summed E-state index contributed by atoms with van der Waals surface area (Å²) in [6, 6.07) is 5.84. The van der Waals surface area contributed by atoms with Crippen LogP contribution in [-0.4, -0.2) is 54.0 Å². The second-order valence-corrected chi connectivity index (χ2v) is 7.10. The SMILES string of the molecule is CC#CCN1C(=O)NC(Cc2cccc(F)c2)(C2CCN(C)CC2)C1=O. The number of carbonyl (C=O) groups excluding carboxylic acids is 2. The quantitative estimate of drug-likeness (QED) is 0.663. The van der Waals surface area contributed by atoms with E-state index in [4.69, 9.17) is 0 Å². The Labute approximate surface area is 153 Å². The lowest BCUT2D eigenvalue weighted by atomic mass is 9.74. The normalized spacial score (nSPS) is 24.3. The van der Waals surface area contributed by atoms with Gasteiger partial charge in [-0.15, -0.1) is 5.92 Å². The fourth-order valence-corrected chi connectivity index (χ4v) is 3.96. The smallest absolute Gasteiger partial charge is 0.322 e. The first-order valence-electron chi connectivity index (χ1n) is 8.93. The number of imide groups is 1. The van der Waals surface area contributed by atoms with Crippen molar-refractivity contribution in [2.24, 2.45) is 5.92 Å². The number of nitrogens with zero attached hydrogens (tertiary/aromatic N) is 2. The van der Waals surface area contributed by atoms with E-state index < -0.39 is 11.6 Å². The van der Waals surface area contributed by atoms with Gasteiger partial charge in [-0.05, 0) is 63.5 Å². The number of halogens is 1. The second-order valence-electron chi connectivity index (χ2n) is 7.10. The highest BCUT2D eigenvalue weighted by Gasteiger charge is 2.55. The van der Waals surface area contributed by atoms with Crippen molar-refractivity contribution in [3.05, 3.63) is 35.6 Å². The van der Waals surface area contributed by atoms with E-state index in [0.717, 1.165) is 25.9 Å². The molecule has 0 aliphatic carbocycles. The first-order valence-corrected chi connectivity index (χ1v) is 8.93. The number of nitrogens with one attached hydrogen (secondary N) is 1. The molecule has 1 N–H and O–H groups in total. The third-order valence-electron chi connectivity index (χ3n) is 5.40. The van der Waals surface area contributed by atoms with Gasteiger partial charge in [-0.1, -0.05) is 18.1 Å². The molecule has 0 radical (unpaired) electrons. The summed E-state index contributed by atoms with van der Waals surface area (Å²) in [5.74, 6) is 4.95. The predicted molar refractivity (Wildman–Crippen MR) is 96.8 cm³/mol. The average Bonchev–Trinajstić information content (AvgIpc) is 2.84. The van der Waals surface area contributed by atoms with E-state index in [0.29, 0.717) is 12.0 Å². The van der Waals surface area contributed by atoms with Gasteiger partial charge in [0, 0.05) is 6.42 Å². The zero-order valence-corrected chi connectivity index (χ0v) is 15.2.